The zero-order valence-electron chi connectivity index (χ0n) is 18.3. The van der Waals surface area contributed by atoms with Crippen molar-refractivity contribution < 1.29 is 13.2 Å². The van der Waals surface area contributed by atoms with E-state index in [0.29, 0.717) is 24.4 Å². The summed E-state index contributed by atoms with van der Waals surface area (Å²) >= 11 is 0. The van der Waals surface area contributed by atoms with Gasteiger partial charge in [0.2, 0.25) is 10.0 Å². The van der Waals surface area contributed by atoms with Crippen LogP contribution in [-0.4, -0.2) is 25.4 Å². The fraction of sp³-hybridized carbons (Fsp3) is 0.292. The molecule has 0 fully saturated rings. The summed E-state index contributed by atoms with van der Waals surface area (Å²) in [4.78, 5) is 12.9. The standard InChI is InChI=1S/C24H29N3O3S/c1-16(2)20-6-5-7-21(15-20)27-17(3)14-23(18(27)4)24(28)26-13-12-19-8-10-22(11-9-19)31(25,29)30/h5-11,14-16H,12-13H2,1-4H3,(H,26,28)(H2,25,29,30). The number of nitrogens with zero attached hydrogens (tertiary/aromatic N) is 1. The molecule has 1 heterocycles. The molecule has 0 aliphatic heterocycles. The number of aromatic nitrogens is 1. The number of hydrogen-bond acceptors (Lipinski definition) is 3. The predicted octanol–water partition coefficient (Wildman–Crippen LogP) is 3.84. The van der Waals surface area contributed by atoms with Gasteiger partial charge in [0.1, 0.15) is 0 Å². The normalized spacial score (nSPS) is 11.7. The van der Waals surface area contributed by atoms with Crippen molar-refractivity contribution in [3.63, 3.8) is 0 Å². The lowest BCUT2D eigenvalue weighted by Gasteiger charge is -2.13. The molecule has 3 N–H and O–H groups in total. The average molecular weight is 440 g/mol. The first kappa shape index (κ1) is 22.8. The van der Waals surface area contributed by atoms with Gasteiger partial charge in [-0.2, -0.15) is 0 Å². The minimum atomic E-state index is -3.70. The molecule has 164 valence electrons. The largest absolute Gasteiger partial charge is 0.352 e. The second-order valence-electron chi connectivity index (χ2n) is 8.06. The maximum absolute atomic E-state index is 12.8. The molecule has 2 aromatic carbocycles. The highest BCUT2D eigenvalue weighted by atomic mass is 32.2. The van der Waals surface area contributed by atoms with Gasteiger partial charge in [0, 0.05) is 23.6 Å². The zero-order valence-corrected chi connectivity index (χ0v) is 19.2. The van der Waals surface area contributed by atoms with Crippen LogP contribution in [-0.2, 0) is 16.4 Å². The van der Waals surface area contributed by atoms with E-state index in [4.69, 9.17) is 5.14 Å². The Bertz CT molecular complexity index is 1190. The molecule has 0 spiro atoms. The van der Waals surface area contributed by atoms with Gasteiger partial charge >= 0.3 is 0 Å². The predicted molar refractivity (Wildman–Crippen MR) is 123 cm³/mol. The minimum Gasteiger partial charge on any atom is -0.352 e. The number of aryl methyl sites for hydroxylation is 1. The van der Waals surface area contributed by atoms with Crippen molar-refractivity contribution in [2.24, 2.45) is 5.14 Å². The lowest BCUT2D eigenvalue weighted by molar-refractivity contribution is 0.0953. The summed E-state index contributed by atoms with van der Waals surface area (Å²) in [6.07, 6.45) is 0.589. The topological polar surface area (TPSA) is 94.2 Å². The van der Waals surface area contributed by atoms with Gasteiger partial charge < -0.3 is 9.88 Å². The lowest BCUT2D eigenvalue weighted by atomic mass is 10.0. The Morgan fingerprint density at radius 2 is 1.74 bits per heavy atom. The number of nitrogens with two attached hydrogens (primary N) is 1. The first-order valence-electron chi connectivity index (χ1n) is 10.3. The fourth-order valence-corrected chi connectivity index (χ4v) is 4.19. The average Bonchev–Trinajstić information content (AvgIpc) is 3.02. The Kier molecular flexibility index (Phi) is 6.67. The molecular formula is C24H29N3O3S. The van der Waals surface area contributed by atoms with Crippen molar-refractivity contribution in [1.29, 1.82) is 0 Å². The Balaban J connectivity index is 1.70. The van der Waals surface area contributed by atoms with Crippen LogP contribution in [0.1, 0.15) is 52.6 Å². The number of hydrogen-bond donors (Lipinski definition) is 2. The number of amides is 1. The van der Waals surface area contributed by atoms with E-state index in [0.717, 1.165) is 22.6 Å². The van der Waals surface area contributed by atoms with Crippen LogP contribution in [0.4, 0.5) is 0 Å². The second-order valence-corrected chi connectivity index (χ2v) is 9.63. The maximum Gasteiger partial charge on any atom is 0.253 e. The van der Waals surface area contributed by atoms with E-state index in [1.54, 1.807) is 12.1 Å². The quantitative estimate of drug-likeness (QED) is 0.586. The van der Waals surface area contributed by atoms with Crippen molar-refractivity contribution in [3.05, 3.63) is 82.7 Å². The molecule has 6 nitrogen and oxygen atoms in total. The third-order valence-electron chi connectivity index (χ3n) is 5.42. The zero-order chi connectivity index (χ0) is 22.8. The van der Waals surface area contributed by atoms with Crippen LogP contribution in [0.5, 0.6) is 0 Å². The summed E-state index contributed by atoms with van der Waals surface area (Å²) in [5.41, 5.74) is 5.77. The van der Waals surface area contributed by atoms with Crippen LogP contribution >= 0.6 is 0 Å². The van der Waals surface area contributed by atoms with Crippen molar-refractivity contribution in [3.8, 4) is 5.69 Å². The van der Waals surface area contributed by atoms with Gasteiger partial charge in [-0.15, -0.1) is 0 Å². The number of sulfonamides is 1. The third-order valence-corrected chi connectivity index (χ3v) is 6.35. The molecule has 0 unspecified atom stereocenters. The van der Waals surface area contributed by atoms with E-state index in [1.807, 2.05) is 26.0 Å². The maximum atomic E-state index is 12.8. The van der Waals surface area contributed by atoms with E-state index in [1.165, 1.54) is 17.7 Å². The number of carbonyl (C=O) groups is 1. The van der Waals surface area contributed by atoms with Crippen molar-refractivity contribution in [2.75, 3.05) is 6.54 Å². The summed E-state index contributed by atoms with van der Waals surface area (Å²) in [6, 6.07) is 16.7. The van der Waals surface area contributed by atoms with E-state index in [-0.39, 0.29) is 10.8 Å². The monoisotopic (exact) mass is 439 g/mol. The van der Waals surface area contributed by atoms with Crippen molar-refractivity contribution in [1.82, 2.24) is 9.88 Å². The number of nitrogens with one attached hydrogen (secondary N) is 1. The van der Waals surface area contributed by atoms with Gasteiger partial charge in [-0.1, -0.05) is 38.1 Å². The van der Waals surface area contributed by atoms with Gasteiger partial charge in [0.05, 0.1) is 10.5 Å². The van der Waals surface area contributed by atoms with E-state index >= 15 is 0 Å². The second kappa shape index (κ2) is 9.08. The third kappa shape index (κ3) is 5.24. The van der Waals surface area contributed by atoms with Crippen LogP contribution in [0, 0.1) is 13.8 Å². The summed E-state index contributed by atoms with van der Waals surface area (Å²) in [5, 5.41) is 8.08. The number of benzene rings is 2. The fourth-order valence-electron chi connectivity index (χ4n) is 3.67. The molecule has 0 bridgehead atoms. The van der Waals surface area contributed by atoms with Gasteiger partial charge in [-0.25, -0.2) is 13.6 Å². The summed E-state index contributed by atoms with van der Waals surface area (Å²) in [6.45, 7) is 8.72. The molecule has 31 heavy (non-hydrogen) atoms. The molecule has 3 aromatic rings. The van der Waals surface area contributed by atoms with E-state index < -0.39 is 10.0 Å². The van der Waals surface area contributed by atoms with Crippen LogP contribution in [0.25, 0.3) is 5.69 Å². The van der Waals surface area contributed by atoms with Gasteiger partial charge in [-0.3, -0.25) is 4.79 Å². The minimum absolute atomic E-state index is 0.0780. The molecule has 3 rings (SSSR count). The Labute approximate surface area is 184 Å². The Morgan fingerprint density at radius 1 is 1.06 bits per heavy atom. The van der Waals surface area contributed by atoms with E-state index in [9.17, 15) is 13.2 Å². The summed E-state index contributed by atoms with van der Waals surface area (Å²) in [7, 11) is -3.70. The first-order chi connectivity index (χ1) is 14.6. The summed E-state index contributed by atoms with van der Waals surface area (Å²) in [5.74, 6) is 0.304. The molecule has 0 atom stereocenters. The highest BCUT2D eigenvalue weighted by molar-refractivity contribution is 7.89. The van der Waals surface area contributed by atoms with Crippen LogP contribution in [0.15, 0.2) is 59.5 Å². The van der Waals surface area contributed by atoms with Crippen molar-refractivity contribution >= 4 is 15.9 Å². The van der Waals surface area contributed by atoms with Crippen LogP contribution < -0.4 is 10.5 Å². The SMILES string of the molecule is Cc1cc(C(=O)NCCc2ccc(S(N)(=O)=O)cc2)c(C)n1-c1cccc(C(C)C)c1. The summed E-state index contributed by atoms with van der Waals surface area (Å²) < 4.78 is 24.8. The molecule has 0 saturated heterocycles. The smallest absolute Gasteiger partial charge is 0.253 e. The van der Waals surface area contributed by atoms with Crippen LogP contribution in [0.3, 0.4) is 0 Å². The molecule has 0 radical (unpaired) electrons. The molecule has 7 heteroatoms. The molecule has 0 aliphatic rings. The van der Waals surface area contributed by atoms with E-state index in [2.05, 4.69) is 41.9 Å². The molecule has 1 amide bonds. The molecule has 0 saturated carbocycles. The highest BCUT2D eigenvalue weighted by Gasteiger charge is 2.17. The van der Waals surface area contributed by atoms with Crippen molar-refractivity contribution in [2.45, 2.75) is 44.9 Å². The number of rotatable bonds is 7. The molecule has 0 aliphatic carbocycles. The van der Waals surface area contributed by atoms with Crippen LogP contribution in [0.2, 0.25) is 0 Å². The Morgan fingerprint density at radius 3 is 2.35 bits per heavy atom. The van der Waals surface area contributed by atoms with Gasteiger partial charge in [0.15, 0.2) is 0 Å². The highest BCUT2D eigenvalue weighted by Crippen LogP contribution is 2.24. The first-order valence-corrected chi connectivity index (χ1v) is 11.8. The van der Waals surface area contributed by atoms with Gasteiger partial charge in [-0.05, 0) is 67.6 Å². The number of primary sulfonamides is 1. The number of carbonyl (C=O) groups excluding carboxylic acids is 1. The molecular weight excluding hydrogens is 410 g/mol. The molecule has 1 aromatic heterocycles. The Hall–Kier alpha value is -2.90. The van der Waals surface area contributed by atoms with Gasteiger partial charge in [0.25, 0.3) is 5.91 Å². The lowest BCUT2D eigenvalue weighted by Crippen LogP contribution is -2.26.